The van der Waals surface area contributed by atoms with Crippen LogP contribution in [0.2, 0.25) is 0 Å². The van der Waals surface area contributed by atoms with Gasteiger partial charge in [-0.1, -0.05) is 12.1 Å². The predicted molar refractivity (Wildman–Crippen MR) is 111 cm³/mol. The number of benzene rings is 1. The third kappa shape index (κ3) is 5.69. The zero-order valence-electron chi connectivity index (χ0n) is 16.4. The summed E-state index contributed by atoms with van der Waals surface area (Å²) in [4.78, 5) is 28.9. The number of amides is 1. The van der Waals surface area contributed by atoms with Gasteiger partial charge >= 0.3 is 5.97 Å². The van der Waals surface area contributed by atoms with Gasteiger partial charge in [0.1, 0.15) is 11.6 Å². The van der Waals surface area contributed by atoms with Crippen LogP contribution < -0.4 is 4.90 Å². The van der Waals surface area contributed by atoms with Crippen LogP contribution in [0.1, 0.15) is 16.0 Å². The zero-order valence-corrected chi connectivity index (χ0v) is 17.2. The fourth-order valence-corrected chi connectivity index (χ4v) is 3.32. The van der Waals surface area contributed by atoms with E-state index in [0.717, 1.165) is 16.1 Å². The Hall–Kier alpha value is -3.11. The maximum atomic E-state index is 12.2. The molecule has 0 aliphatic rings. The molecule has 6 nitrogen and oxygen atoms in total. The van der Waals surface area contributed by atoms with Gasteiger partial charge in [0, 0.05) is 31.7 Å². The molecule has 0 N–H and O–H groups in total. The highest BCUT2D eigenvalue weighted by molar-refractivity contribution is 7.10. The van der Waals surface area contributed by atoms with Gasteiger partial charge in [-0.15, -0.1) is 11.3 Å². The van der Waals surface area contributed by atoms with Crippen molar-refractivity contribution in [3.05, 3.63) is 57.3 Å². The Morgan fingerprint density at radius 3 is 2.39 bits per heavy atom. The van der Waals surface area contributed by atoms with E-state index in [2.05, 4.69) is 0 Å². The van der Waals surface area contributed by atoms with E-state index in [9.17, 15) is 14.9 Å². The van der Waals surface area contributed by atoms with Crippen molar-refractivity contribution >= 4 is 35.0 Å². The monoisotopic (exact) mass is 397 g/mol. The molecule has 0 fully saturated rings. The number of carbonyl (C=O) groups excluding carboxylic acids is 2. The molecule has 1 aromatic heterocycles. The van der Waals surface area contributed by atoms with Crippen molar-refractivity contribution < 1.29 is 14.3 Å². The quantitative estimate of drug-likeness (QED) is 0.407. The fraction of sp³-hybridized carbons (Fsp3) is 0.286. The fourth-order valence-electron chi connectivity index (χ4n) is 2.36. The van der Waals surface area contributed by atoms with Crippen LogP contribution in [0.25, 0.3) is 6.08 Å². The van der Waals surface area contributed by atoms with Crippen LogP contribution in [-0.4, -0.2) is 44.5 Å². The molecular weight excluding hydrogens is 374 g/mol. The third-order valence-electron chi connectivity index (χ3n) is 4.16. The number of hydrogen-bond acceptors (Lipinski definition) is 6. The lowest BCUT2D eigenvalue weighted by molar-refractivity contribution is -0.148. The number of ether oxygens (including phenoxy) is 1. The van der Waals surface area contributed by atoms with E-state index >= 15 is 0 Å². The summed E-state index contributed by atoms with van der Waals surface area (Å²) in [7, 11) is 5.51. The Morgan fingerprint density at radius 1 is 1.18 bits per heavy atom. The molecular formula is C21H23N3O3S. The second kappa shape index (κ2) is 9.72. The number of nitrogens with zero attached hydrogens (tertiary/aromatic N) is 3. The minimum absolute atomic E-state index is 0.151. The van der Waals surface area contributed by atoms with Gasteiger partial charge in [0.2, 0.25) is 0 Å². The summed E-state index contributed by atoms with van der Waals surface area (Å²) in [5, 5.41) is 11.2. The largest absolute Gasteiger partial charge is 0.451 e. The topological polar surface area (TPSA) is 73.6 Å². The molecule has 0 radical (unpaired) electrons. The van der Waals surface area contributed by atoms with Crippen molar-refractivity contribution in [1.82, 2.24) is 4.90 Å². The molecule has 28 heavy (non-hydrogen) atoms. The molecule has 1 aromatic carbocycles. The van der Waals surface area contributed by atoms with E-state index in [4.69, 9.17) is 4.74 Å². The molecule has 0 spiro atoms. The number of aryl methyl sites for hydroxylation is 1. The van der Waals surface area contributed by atoms with Gasteiger partial charge in [-0.3, -0.25) is 4.79 Å². The molecule has 2 rings (SSSR count). The summed E-state index contributed by atoms with van der Waals surface area (Å²) in [6, 6.07) is 11.2. The summed E-state index contributed by atoms with van der Waals surface area (Å²) >= 11 is 1.58. The summed E-state index contributed by atoms with van der Waals surface area (Å²) in [5.74, 6) is -1.14. The molecule has 2 aromatic rings. The maximum absolute atomic E-state index is 12.2. The highest BCUT2D eigenvalue weighted by atomic mass is 32.1. The van der Waals surface area contributed by atoms with Crippen LogP contribution in [0, 0.1) is 18.3 Å². The van der Waals surface area contributed by atoms with Crippen molar-refractivity contribution in [1.29, 1.82) is 5.26 Å². The average molecular weight is 398 g/mol. The zero-order chi connectivity index (χ0) is 20.7. The second-order valence-corrected chi connectivity index (χ2v) is 7.51. The number of nitriles is 1. The van der Waals surface area contributed by atoms with E-state index in [1.54, 1.807) is 18.4 Å². The Kier molecular flexibility index (Phi) is 7.36. The standard InChI is InChI=1S/C21H23N3O3S/c1-15-9-10-28-19(15)13-24(4)20(25)14-27-21(26)17(12-22)11-16-5-7-18(8-6-16)23(2)3/h5-11H,13-14H2,1-4H3/b17-11+. The van der Waals surface area contributed by atoms with Gasteiger partial charge in [0.25, 0.3) is 5.91 Å². The molecule has 1 amide bonds. The number of hydrogen-bond donors (Lipinski definition) is 0. The van der Waals surface area contributed by atoms with Crippen LogP contribution in [0.15, 0.2) is 41.3 Å². The molecule has 146 valence electrons. The van der Waals surface area contributed by atoms with E-state index in [1.165, 1.54) is 11.0 Å². The molecule has 0 saturated carbocycles. The van der Waals surface area contributed by atoms with Gasteiger partial charge in [-0.2, -0.15) is 5.26 Å². The minimum atomic E-state index is -0.812. The number of likely N-dealkylation sites (N-methyl/N-ethyl adjacent to an activating group) is 1. The van der Waals surface area contributed by atoms with E-state index in [-0.39, 0.29) is 11.5 Å². The van der Waals surface area contributed by atoms with Crippen molar-refractivity contribution in [3.8, 4) is 6.07 Å². The van der Waals surface area contributed by atoms with Crippen LogP contribution in [0.3, 0.4) is 0 Å². The highest BCUT2D eigenvalue weighted by Crippen LogP contribution is 2.17. The summed E-state index contributed by atoms with van der Waals surface area (Å²) < 4.78 is 5.04. The number of thiophene rings is 1. The molecule has 7 heteroatoms. The summed E-state index contributed by atoms with van der Waals surface area (Å²) in [6.07, 6.45) is 1.45. The average Bonchev–Trinajstić information content (AvgIpc) is 3.08. The molecule has 0 saturated heterocycles. The van der Waals surface area contributed by atoms with Crippen LogP contribution in [0.4, 0.5) is 5.69 Å². The van der Waals surface area contributed by atoms with Crippen LogP contribution in [-0.2, 0) is 20.9 Å². The Balaban J connectivity index is 1.95. The predicted octanol–water partition coefficient (Wildman–Crippen LogP) is 3.23. The lowest BCUT2D eigenvalue weighted by Crippen LogP contribution is -2.30. The first-order valence-corrected chi connectivity index (χ1v) is 9.53. The smallest absolute Gasteiger partial charge is 0.349 e. The molecule has 1 heterocycles. The second-order valence-electron chi connectivity index (χ2n) is 6.51. The van der Waals surface area contributed by atoms with Gasteiger partial charge in [0.15, 0.2) is 6.61 Å². The summed E-state index contributed by atoms with van der Waals surface area (Å²) in [6.45, 7) is 2.04. The lowest BCUT2D eigenvalue weighted by atomic mass is 10.1. The van der Waals surface area contributed by atoms with Gasteiger partial charge in [0.05, 0.1) is 6.54 Å². The van der Waals surface area contributed by atoms with E-state index in [0.29, 0.717) is 12.1 Å². The van der Waals surface area contributed by atoms with Gasteiger partial charge in [-0.25, -0.2) is 4.79 Å². The Labute approximate surface area is 169 Å². The Bertz CT molecular complexity index is 908. The number of rotatable bonds is 7. The van der Waals surface area contributed by atoms with Crippen molar-refractivity contribution in [2.75, 3.05) is 32.6 Å². The van der Waals surface area contributed by atoms with Crippen LogP contribution >= 0.6 is 11.3 Å². The lowest BCUT2D eigenvalue weighted by Gasteiger charge is -2.16. The first-order valence-electron chi connectivity index (χ1n) is 8.65. The van der Waals surface area contributed by atoms with Crippen molar-refractivity contribution in [3.63, 3.8) is 0 Å². The van der Waals surface area contributed by atoms with Gasteiger partial charge in [-0.05, 0) is 47.7 Å². The molecule has 0 bridgehead atoms. The van der Waals surface area contributed by atoms with Crippen molar-refractivity contribution in [2.45, 2.75) is 13.5 Å². The first-order chi connectivity index (χ1) is 13.3. The van der Waals surface area contributed by atoms with Crippen molar-refractivity contribution in [2.24, 2.45) is 0 Å². The highest BCUT2D eigenvalue weighted by Gasteiger charge is 2.16. The molecule has 0 aliphatic carbocycles. The SMILES string of the molecule is Cc1ccsc1CN(C)C(=O)COC(=O)/C(C#N)=C/c1ccc(N(C)C)cc1. The normalized spacial score (nSPS) is 10.9. The molecule has 0 atom stereocenters. The molecule has 0 unspecified atom stereocenters. The van der Waals surface area contributed by atoms with Gasteiger partial charge < -0.3 is 14.5 Å². The Morgan fingerprint density at radius 2 is 1.86 bits per heavy atom. The number of anilines is 1. The summed E-state index contributed by atoms with van der Waals surface area (Å²) in [5.41, 5.74) is 2.68. The number of esters is 1. The number of carbonyl (C=O) groups is 2. The van der Waals surface area contributed by atoms with E-state index < -0.39 is 12.6 Å². The van der Waals surface area contributed by atoms with Crippen LogP contribution in [0.5, 0.6) is 0 Å². The first kappa shape index (κ1) is 21.2. The minimum Gasteiger partial charge on any atom is -0.451 e. The maximum Gasteiger partial charge on any atom is 0.349 e. The van der Waals surface area contributed by atoms with E-state index in [1.807, 2.05) is 67.7 Å². The third-order valence-corrected chi connectivity index (χ3v) is 5.17. The molecule has 0 aliphatic heterocycles.